The van der Waals surface area contributed by atoms with Crippen molar-refractivity contribution in [3.05, 3.63) is 89.6 Å². The second-order valence-electron chi connectivity index (χ2n) is 5.88. The first-order valence-electron chi connectivity index (χ1n) is 8.19. The molecule has 2 aromatic carbocycles. The Labute approximate surface area is 148 Å². The van der Waals surface area contributed by atoms with Crippen molar-refractivity contribution in [2.75, 3.05) is 0 Å². The third-order valence-electron chi connectivity index (χ3n) is 4.35. The van der Waals surface area contributed by atoms with Gasteiger partial charge in [-0.25, -0.2) is 4.98 Å². The van der Waals surface area contributed by atoms with Crippen LogP contribution >= 0.6 is 0 Å². The molecule has 0 fully saturated rings. The highest BCUT2D eigenvalue weighted by atomic mass is 16.1. The second kappa shape index (κ2) is 5.63. The fraction of sp³-hybridized carbons (Fsp3) is 0. The molecule has 3 heterocycles. The molecular formula is C20H13N5O. The van der Waals surface area contributed by atoms with Crippen LogP contribution in [0, 0.1) is 0 Å². The highest BCUT2D eigenvalue weighted by Gasteiger charge is 2.17. The summed E-state index contributed by atoms with van der Waals surface area (Å²) in [4.78, 5) is 22.0. The molecule has 5 aromatic rings. The van der Waals surface area contributed by atoms with E-state index in [1.807, 2.05) is 66.7 Å². The van der Waals surface area contributed by atoms with Crippen molar-refractivity contribution in [2.45, 2.75) is 0 Å². The standard InChI is InChI=1S/C20H13N5O/c26-19-17-16(11-12-24(19)15-9-5-2-6-10-15)23-20-21-13-22-25(20)18(17)14-7-3-1-4-8-14/h1-13H. The molecule has 0 radical (unpaired) electrons. The van der Waals surface area contributed by atoms with Crippen LogP contribution in [0.15, 0.2) is 84.0 Å². The SMILES string of the molecule is O=c1c2c(-c3ccccc3)n3ncnc3nc2ccn1-c1ccccc1. The van der Waals surface area contributed by atoms with Gasteiger partial charge in [0.2, 0.25) is 0 Å². The van der Waals surface area contributed by atoms with Gasteiger partial charge >= 0.3 is 0 Å². The van der Waals surface area contributed by atoms with Gasteiger partial charge in [-0.2, -0.15) is 14.6 Å². The van der Waals surface area contributed by atoms with Gasteiger partial charge in [-0.15, -0.1) is 0 Å². The number of para-hydroxylation sites is 1. The van der Waals surface area contributed by atoms with Gasteiger partial charge in [-0.05, 0) is 18.2 Å². The summed E-state index contributed by atoms with van der Waals surface area (Å²) >= 11 is 0. The molecule has 3 aromatic heterocycles. The van der Waals surface area contributed by atoms with Crippen LogP contribution in [0.4, 0.5) is 0 Å². The zero-order valence-corrected chi connectivity index (χ0v) is 13.6. The Morgan fingerprint density at radius 1 is 0.846 bits per heavy atom. The molecular weight excluding hydrogens is 326 g/mol. The van der Waals surface area contributed by atoms with Gasteiger partial charge < -0.3 is 0 Å². The Hall–Kier alpha value is -3.80. The van der Waals surface area contributed by atoms with Crippen LogP contribution in [-0.4, -0.2) is 24.1 Å². The molecule has 0 N–H and O–H groups in total. The Bertz CT molecular complexity index is 1290. The smallest absolute Gasteiger partial charge is 0.266 e. The van der Waals surface area contributed by atoms with E-state index in [2.05, 4.69) is 15.1 Å². The van der Waals surface area contributed by atoms with Crippen LogP contribution in [0.1, 0.15) is 0 Å². The van der Waals surface area contributed by atoms with Crippen LogP contribution in [0.2, 0.25) is 0 Å². The van der Waals surface area contributed by atoms with Crippen LogP contribution in [0.3, 0.4) is 0 Å². The lowest BCUT2D eigenvalue weighted by Crippen LogP contribution is -2.20. The predicted octanol–water partition coefficient (Wildman–Crippen LogP) is 3.10. The normalized spacial score (nSPS) is 11.2. The van der Waals surface area contributed by atoms with Crippen molar-refractivity contribution in [3.8, 4) is 16.9 Å². The van der Waals surface area contributed by atoms with Crippen molar-refractivity contribution in [2.24, 2.45) is 0 Å². The van der Waals surface area contributed by atoms with E-state index in [4.69, 9.17) is 0 Å². The average Bonchev–Trinajstić information content (AvgIpc) is 3.16. The minimum Gasteiger partial charge on any atom is -0.284 e. The highest BCUT2D eigenvalue weighted by Crippen LogP contribution is 2.25. The molecule has 6 nitrogen and oxygen atoms in total. The van der Waals surface area contributed by atoms with E-state index in [1.54, 1.807) is 15.3 Å². The maximum atomic E-state index is 13.4. The molecule has 0 bridgehead atoms. The molecule has 26 heavy (non-hydrogen) atoms. The minimum atomic E-state index is -0.141. The molecule has 0 unspecified atom stereocenters. The number of benzene rings is 2. The molecule has 0 aliphatic rings. The van der Waals surface area contributed by atoms with Gasteiger partial charge in [0.25, 0.3) is 11.3 Å². The summed E-state index contributed by atoms with van der Waals surface area (Å²) in [5.74, 6) is 0.466. The zero-order valence-electron chi connectivity index (χ0n) is 13.6. The summed E-state index contributed by atoms with van der Waals surface area (Å²) in [6, 6.07) is 21.1. The number of nitrogens with zero attached hydrogens (tertiary/aromatic N) is 5. The first kappa shape index (κ1) is 14.5. The maximum absolute atomic E-state index is 13.4. The van der Waals surface area contributed by atoms with Crippen molar-refractivity contribution < 1.29 is 0 Å². The fourth-order valence-electron chi connectivity index (χ4n) is 3.18. The third-order valence-corrected chi connectivity index (χ3v) is 4.35. The summed E-state index contributed by atoms with van der Waals surface area (Å²) in [7, 11) is 0. The largest absolute Gasteiger partial charge is 0.284 e. The van der Waals surface area contributed by atoms with E-state index in [-0.39, 0.29) is 5.56 Å². The van der Waals surface area contributed by atoms with Crippen LogP contribution < -0.4 is 5.56 Å². The Morgan fingerprint density at radius 3 is 2.35 bits per heavy atom. The summed E-state index contributed by atoms with van der Waals surface area (Å²) in [6.07, 6.45) is 3.19. The zero-order chi connectivity index (χ0) is 17.5. The summed E-state index contributed by atoms with van der Waals surface area (Å²) < 4.78 is 3.24. The van der Waals surface area contributed by atoms with Gasteiger partial charge in [-0.3, -0.25) is 9.36 Å². The predicted molar refractivity (Wildman–Crippen MR) is 99.3 cm³/mol. The van der Waals surface area contributed by atoms with Gasteiger partial charge in [0.15, 0.2) is 0 Å². The van der Waals surface area contributed by atoms with E-state index in [0.29, 0.717) is 22.4 Å². The Morgan fingerprint density at radius 2 is 1.58 bits per heavy atom. The molecule has 5 rings (SSSR count). The molecule has 124 valence electrons. The highest BCUT2D eigenvalue weighted by molar-refractivity contribution is 5.93. The van der Waals surface area contributed by atoms with Gasteiger partial charge in [0.1, 0.15) is 6.33 Å². The summed E-state index contributed by atoms with van der Waals surface area (Å²) in [5, 5.41) is 4.80. The number of pyridine rings is 1. The Balaban J connectivity index is 1.95. The van der Waals surface area contributed by atoms with E-state index >= 15 is 0 Å². The number of fused-ring (bicyclic) bond motifs is 2. The van der Waals surface area contributed by atoms with Gasteiger partial charge in [-0.1, -0.05) is 48.5 Å². The molecule has 0 saturated heterocycles. The molecule has 0 amide bonds. The molecule has 0 aliphatic heterocycles. The topological polar surface area (TPSA) is 65.1 Å². The quantitative estimate of drug-likeness (QED) is 0.496. The van der Waals surface area contributed by atoms with Crippen molar-refractivity contribution >= 4 is 16.7 Å². The summed E-state index contributed by atoms with van der Waals surface area (Å²) in [6.45, 7) is 0. The lowest BCUT2D eigenvalue weighted by Gasteiger charge is -2.11. The molecule has 0 atom stereocenters. The van der Waals surface area contributed by atoms with Gasteiger partial charge in [0, 0.05) is 17.4 Å². The average molecular weight is 339 g/mol. The van der Waals surface area contributed by atoms with E-state index < -0.39 is 0 Å². The second-order valence-corrected chi connectivity index (χ2v) is 5.88. The lowest BCUT2D eigenvalue weighted by molar-refractivity contribution is 0.948. The minimum absolute atomic E-state index is 0.141. The fourth-order valence-corrected chi connectivity index (χ4v) is 3.18. The maximum Gasteiger partial charge on any atom is 0.266 e. The van der Waals surface area contributed by atoms with Crippen LogP contribution in [0.25, 0.3) is 33.6 Å². The van der Waals surface area contributed by atoms with Crippen molar-refractivity contribution in [3.63, 3.8) is 0 Å². The van der Waals surface area contributed by atoms with Crippen LogP contribution in [0.5, 0.6) is 0 Å². The van der Waals surface area contributed by atoms with E-state index in [1.165, 1.54) is 6.33 Å². The molecule has 6 heteroatoms. The number of hydrogen-bond donors (Lipinski definition) is 0. The van der Waals surface area contributed by atoms with Gasteiger partial charge in [0.05, 0.1) is 16.6 Å². The lowest BCUT2D eigenvalue weighted by atomic mass is 10.1. The number of rotatable bonds is 2. The molecule has 0 aliphatic carbocycles. The van der Waals surface area contributed by atoms with E-state index in [0.717, 1.165) is 11.3 Å². The summed E-state index contributed by atoms with van der Waals surface area (Å²) in [5.41, 5.74) is 2.84. The third kappa shape index (κ3) is 2.12. The van der Waals surface area contributed by atoms with E-state index in [9.17, 15) is 4.79 Å². The number of aromatic nitrogens is 5. The first-order valence-corrected chi connectivity index (χ1v) is 8.19. The molecule has 0 spiro atoms. The monoisotopic (exact) mass is 339 g/mol. The number of hydrogen-bond acceptors (Lipinski definition) is 4. The first-order chi connectivity index (χ1) is 12.8. The van der Waals surface area contributed by atoms with Crippen molar-refractivity contribution in [1.82, 2.24) is 24.1 Å². The Kier molecular flexibility index (Phi) is 3.15. The van der Waals surface area contributed by atoms with Crippen LogP contribution in [-0.2, 0) is 0 Å². The van der Waals surface area contributed by atoms with Crippen molar-refractivity contribution in [1.29, 1.82) is 0 Å². The molecule has 0 saturated carbocycles.